The van der Waals surface area contributed by atoms with Gasteiger partial charge in [0.2, 0.25) is 5.91 Å². The Kier molecular flexibility index (Phi) is 6.02. The van der Waals surface area contributed by atoms with E-state index in [2.05, 4.69) is 22.3 Å². The lowest BCUT2D eigenvalue weighted by Crippen LogP contribution is -2.42. The molecule has 2 aromatic rings. The molecule has 3 rings (SSSR count). The first-order valence-electron chi connectivity index (χ1n) is 8.98. The molecule has 2 N–H and O–H groups in total. The van der Waals surface area contributed by atoms with Gasteiger partial charge in [-0.1, -0.05) is 42.5 Å². The third-order valence-electron chi connectivity index (χ3n) is 4.79. The Morgan fingerprint density at radius 1 is 1.04 bits per heavy atom. The minimum Gasteiger partial charge on any atom is -0.478 e. The maximum absolute atomic E-state index is 12.5. The molecule has 0 spiro atoms. The second kappa shape index (κ2) is 8.63. The summed E-state index contributed by atoms with van der Waals surface area (Å²) in [7, 11) is 0. The van der Waals surface area contributed by atoms with E-state index in [1.165, 1.54) is 5.56 Å². The molecule has 1 atom stereocenters. The van der Waals surface area contributed by atoms with Gasteiger partial charge in [-0.25, -0.2) is 4.79 Å². The zero-order valence-corrected chi connectivity index (χ0v) is 14.7. The molecular formula is C21H24N2O3. The van der Waals surface area contributed by atoms with Gasteiger partial charge in [-0.15, -0.1) is 0 Å². The molecule has 5 heteroatoms. The zero-order chi connectivity index (χ0) is 18.4. The van der Waals surface area contributed by atoms with Crippen LogP contribution in [-0.2, 0) is 17.9 Å². The molecule has 1 heterocycles. The summed E-state index contributed by atoms with van der Waals surface area (Å²) in [6.45, 7) is 3.10. The molecule has 0 saturated carbocycles. The van der Waals surface area contributed by atoms with E-state index in [4.69, 9.17) is 5.11 Å². The van der Waals surface area contributed by atoms with Crippen molar-refractivity contribution >= 4 is 11.9 Å². The Labute approximate surface area is 153 Å². The van der Waals surface area contributed by atoms with Crippen LogP contribution in [0, 0.1) is 5.92 Å². The summed E-state index contributed by atoms with van der Waals surface area (Å²) in [6, 6.07) is 16.9. The average molecular weight is 352 g/mol. The summed E-state index contributed by atoms with van der Waals surface area (Å²) < 4.78 is 0. The first-order chi connectivity index (χ1) is 12.6. The smallest absolute Gasteiger partial charge is 0.335 e. The Balaban J connectivity index is 1.50. The molecule has 2 aromatic carbocycles. The molecule has 136 valence electrons. The number of carboxylic acid groups (broad SMARTS) is 1. The van der Waals surface area contributed by atoms with Gasteiger partial charge in [0, 0.05) is 19.6 Å². The second-order valence-electron chi connectivity index (χ2n) is 6.78. The van der Waals surface area contributed by atoms with Crippen LogP contribution in [0.2, 0.25) is 0 Å². The fourth-order valence-electron chi connectivity index (χ4n) is 3.35. The molecule has 26 heavy (non-hydrogen) atoms. The standard InChI is InChI=1S/C21H24N2O3/c24-20(22-13-16-8-10-18(11-9-16)21(25)26)19-7-4-12-23(15-19)14-17-5-2-1-3-6-17/h1-3,5-6,8-11,19H,4,7,12-15H2,(H,22,24)(H,25,26)/t19-/m1/s1. The SMILES string of the molecule is O=C(O)c1ccc(CNC(=O)[C@@H]2CCCN(Cc3ccccc3)C2)cc1. The number of benzene rings is 2. The van der Waals surface area contributed by atoms with Crippen LogP contribution >= 0.6 is 0 Å². The number of aromatic carboxylic acids is 1. The Morgan fingerprint density at radius 2 is 1.77 bits per heavy atom. The van der Waals surface area contributed by atoms with E-state index in [-0.39, 0.29) is 17.4 Å². The highest BCUT2D eigenvalue weighted by Crippen LogP contribution is 2.19. The minimum absolute atomic E-state index is 0.00533. The van der Waals surface area contributed by atoms with Crippen LogP contribution in [0.25, 0.3) is 0 Å². The van der Waals surface area contributed by atoms with E-state index < -0.39 is 5.97 Å². The van der Waals surface area contributed by atoms with Gasteiger partial charge in [0.05, 0.1) is 11.5 Å². The minimum atomic E-state index is -0.943. The zero-order valence-electron chi connectivity index (χ0n) is 14.7. The van der Waals surface area contributed by atoms with Crippen LogP contribution in [-0.4, -0.2) is 35.0 Å². The van der Waals surface area contributed by atoms with Crippen molar-refractivity contribution in [3.05, 3.63) is 71.3 Å². The van der Waals surface area contributed by atoms with Crippen molar-refractivity contribution < 1.29 is 14.7 Å². The number of nitrogens with one attached hydrogen (secondary N) is 1. The van der Waals surface area contributed by atoms with Crippen molar-refractivity contribution in [2.24, 2.45) is 5.92 Å². The lowest BCUT2D eigenvalue weighted by Gasteiger charge is -2.32. The highest BCUT2D eigenvalue weighted by Gasteiger charge is 2.25. The van der Waals surface area contributed by atoms with Gasteiger partial charge in [-0.05, 0) is 42.6 Å². The number of rotatable bonds is 6. The quantitative estimate of drug-likeness (QED) is 0.839. The van der Waals surface area contributed by atoms with E-state index >= 15 is 0 Å². The normalized spacial score (nSPS) is 17.6. The summed E-state index contributed by atoms with van der Waals surface area (Å²) in [5.74, 6) is -0.864. The number of likely N-dealkylation sites (tertiary alicyclic amines) is 1. The molecule has 1 fully saturated rings. The molecule has 1 aliphatic heterocycles. The maximum atomic E-state index is 12.5. The van der Waals surface area contributed by atoms with Crippen molar-refractivity contribution in [3.63, 3.8) is 0 Å². The highest BCUT2D eigenvalue weighted by molar-refractivity contribution is 5.87. The van der Waals surface area contributed by atoms with Gasteiger partial charge >= 0.3 is 5.97 Å². The predicted molar refractivity (Wildman–Crippen MR) is 99.7 cm³/mol. The third kappa shape index (κ3) is 4.92. The van der Waals surface area contributed by atoms with Crippen LogP contribution < -0.4 is 5.32 Å². The van der Waals surface area contributed by atoms with E-state index in [1.54, 1.807) is 24.3 Å². The summed E-state index contributed by atoms with van der Waals surface area (Å²) in [5.41, 5.74) is 2.43. The lowest BCUT2D eigenvalue weighted by atomic mass is 9.96. The highest BCUT2D eigenvalue weighted by atomic mass is 16.4. The van der Waals surface area contributed by atoms with Gasteiger partial charge in [0.25, 0.3) is 0 Å². The molecule has 5 nitrogen and oxygen atoms in total. The van der Waals surface area contributed by atoms with E-state index in [0.717, 1.165) is 38.0 Å². The number of amides is 1. The Hall–Kier alpha value is -2.66. The average Bonchev–Trinajstić information content (AvgIpc) is 2.67. The number of nitrogens with zero attached hydrogens (tertiary/aromatic N) is 1. The molecule has 1 saturated heterocycles. The second-order valence-corrected chi connectivity index (χ2v) is 6.78. The molecule has 1 amide bonds. The number of carboxylic acids is 1. The van der Waals surface area contributed by atoms with Gasteiger partial charge < -0.3 is 10.4 Å². The molecule has 0 unspecified atom stereocenters. The number of carbonyl (C=O) groups excluding carboxylic acids is 1. The number of hydrogen-bond donors (Lipinski definition) is 2. The molecule has 0 radical (unpaired) electrons. The maximum Gasteiger partial charge on any atom is 0.335 e. The first-order valence-corrected chi connectivity index (χ1v) is 8.98. The van der Waals surface area contributed by atoms with E-state index in [0.29, 0.717) is 6.54 Å². The van der Waals surface area contributed by atoms with Crippen LogP contribution in [0.1, 0.15) is 34.3 Å². The first kappa shape index (κ1) is 18.1. The van der Waals surface area contributed by atoms with Gasteiger partial charge in [-0.3, -0.25) is 9.69 Å². The summed E-state index contributed by atoms with van der Waals surface area (Å²) in [6.07, 6.45) is 1.94. The van der Waals surface area contributed by atoms with Crippen LogP contribution in [0.5, 0.6) is 0 Å². The molecular weight excluding hydrogens is 328 g/mol. The monoisotopic (exact) mass is 352 g/mol. The number of hydrogen-bond acceptors (Lipinski definition) is 3. The topological polar surface area (TPSA) is 69.6 Å². The molecule has 0 bridgehead atoms. The largest absolute Gasteiger partial charge is 0.478 e. The molecule has 0 aromatic heterocycles. The van der Waals surface area contributed by atoms with Crippen LogP contribution in [0.15, 0.2) is 54.6 Å². The summed E-state index contributed by atoms with van der Waals surface area (Å²) in [4.78, 5) is 25.7. The van der Waals surface area contributed by atoms with Crippen molar-refractivity contribution in [2.45, 2.75) is 25.9 Å². The number of carbonyl (C=O) groups is 2. The Morgan fingerprint density at radius 3 is 2.46 bits per heavy atom. The van der Waals surface area contributed by atoms with Gasteiger partial charge in [-0.2, -0.15) is 0 Å². The van der Waals surface area contributed by atoms with Gasteiger partial charge in [0.1, 0.15) is 0 Å². The molecule has 1 aliphatic rings. The van der Waals surface area contributed by atoms with E-state index in [1.807, 2.05) is 18.2 Å². The fourth-order valence-corrected chi connectivity index (χ4v) is 3.35. The van der Waals surface area contributed by atoms with E-state index in [9.17, 15) is 9.59 Å². The van der Waals surface area contributed by atoms with Crippen molar-refractivity contribution in [2.75, 3.05) is 13.1 Å². The van der Waals surface area contributed by atoms with Crippen LogP contribution in [0.4, 0.5) is 0 Å². The van der Waals surface area contributed by atoms with Crippen molar-refractivity contribution in [1.82, 2.24) is 10.2 Å². The van der Waals surface area contributed by atoms with Crippen LogP contribution in [0.3, 0.4) is 0 Å². The summed E-state index contributed by atoms with van der Waals surface area (Å²) in [5, 5.41) is 11.9. The summed E-state index contributed by atoms with van der Waals surface area (Å²) >= 11 is 0. The fraction of sp³-hybridized carbons (Fsp3) is 0.333. The Bertz CT molecular complexity index is 744. The lowest BCUT2D eigenvalue weighted by molar-refractivity contribution is -0.126. The number of piperidine rings is 1. The van der Waals surface area contributed by atoms with Crippen molar-refractivity contribution in [3.8, 4) is 0 Å². The third-order valence-corrected chi connectivity index (χ3v) is 4.79. The molecule has 0 aliphatic carbocycles. The van der Waals surface area contributed by atoms with Gasteiger partial charge in [0.15, 0.2) is 0 Å². The predicted octanol–water partition coefficient (Wildman–Crippen LogP) is 2.91. The van der Waals surface area contributed by atoms with Crippen molar-refractivity contribution in [1.29, 1.82) is 0 Å².